The predicted molar refractivity (Wildman–Crippen MR) is 63.6 cm³/mol. The maximum atomic E-state index is 9.54. The molecule has 2 N–H and O–H groups in total. The van der Waals surface area contributed by atoms with Gasteiger partial charge in [0.2, 0.25) is 0 Å². The first-order valence-electron chi connectivity index (χ1n) is 5.28. The fourth-order valence-electron chi connectivity index (χ4n) is 0.879. The Balaban J connectivity index is 4.04. The Morgan fingerprint density at radius 2 is 1.80 bits per heavy atom. The first-order valence-corrected chi connectivity index (χ1v) is 8.19. The molecule has 0 saturated heterocycles. The zero-order chi connectivity index (χ0) is 12.3. The third-order valence-electron chi connectivity index (χ3n) is 2.92. The molecular formula is C10H25NO3Si. The van der Waals surface area contributed by atoms with Gasteiger partial charge in [-0.2, -0.15) is 5.06 Å². The highest BCUT2D eigenvalue weighted by molar-refractivity contribution is 6.74. The Morgan fingerprint density at radius 1 is 1.33 bits per heavy atom. The Hall–Kier alpha value is 0.0569. The molecule has 0 aromatic rings. The average Bonchev–Trinajstić information content (AvgIpc) is 1.97. The summed E-state index contributed by atoms with van der Waals surface area (Å²) in [5, 5.41) is 19.6. The molecule has 92 valence electrons. The van der Waals surface area contributed by atoms with Crippen molar-refractivity contribution in [3.8, 4) is 0 Å². The summed E-state index contributed by atoms with van der Waals surface area (Å²) in [4.78, 5) is 0. The van der Waals surface area contributed by atoms with Gasteiger partial charge >= 0.3 is 0 Å². The van der Waals surface area contributed by atoms with Crippen molar-refractivity contribution in [1.29, 1.82) is 0 Å². The normalized spacial score (nSPS) is 15.8. The summed E-state index contributed by atoms with van der Waals surface area (Å²) in [6, 6.07) is 0. The van der Waals surface area contributed by atoms with Crippen molar-refractivity contribution in [3.05, 3.63) is 0 Å². The predicted octanol–water partition coefficient (Wildman–Crippen LogP) is 1.69. The summed E-state index contributed by atoms with van der Waals surface area (Å²) in [6.45, 7) is 11.3. The van der Waals surface area contributed by atoms with Gasteiger partial charge in [0.15, 0.2) is 8.32 Å². The molecular weight excluding hydrogens is 210 g/mol. The molecule has 0 aromatic carbocycles. The van der Waals surface area contributed by atoms with E-state index in [9.17, 15) is 5.11 Å². The summed E-state index contributed by atoms with van der Waals surface area (Å²) in [6.07, 6.45) is -0.630. The zero-order valence-corrected chi connectivity index (χ0v) is 11.7. The number of likely N-dealkylation sites (N-methyl/N-ethyl adjacent to an activating group) is 1. The minimum atomic E-state index is -1.78. The molecule has 0 aliphatic rings. The molecule has 0 rings (SSSR count). The second-order valence-electron chi connectivity index (χ2n) is 5.57. The van der Waals surface area contributed by atoms with Gasteiger partial charge < -0.3 is 14.7 Å². The largest absolute Gasteiger partial charge is 0.414 e. The number of hydrogen-bond donors (Lipinski definition) is 2. The first kappa shape index (κ1) is 15.1. The smallest absolute Gasteiger partial charge is 0.192 e. The van der Waals surface area contributed by atoms with Crippen molar-refractivity contribution in [2.24, 2.45) is 0 Å². The van der Waals surface area contributed by atoms with Crippen LogP contribution in [0, 0.1) is 0 Å². The molecule has 0 aliphatic heterocycles. The van der Waals surface area contributed by atoms with E-state index in [-0.39, 0.29) is 11.6 Å². The maximum absolute atomic E-state index is 9.54. The molecule has 0 fully saturated rings. The number of hydrogen-bond acceptors (Lipinski definition) is 4. The van der Waals surface area contributed by atoms with Crippen LogP contribution in [0.2, 0.25) is 18.1 Å². The molecule has 0 spiro atoms. The summed E-state index contributed by atoms with van der Waals surface area (Å²) in [5.74, 6) is 0. The van der Waals surface area contributed by atoms with Gasteiger partial charge in [-0.05, 0) is 18.1 Å². The van der Waals surface area contributed by atoms with Crippen molar-refractivity contribution in [3.63, 3.8) is 0 Å². The van der Waals surface area contributed by atoms with Crippen LogP contribution in [0.25, 0.3) is 0 Å². The Bertz CT molecular complexity index is 190. The highest BCUT2D eigenvalue weighted by atomic mass is 28.4. The fraction of sp³-hybridized carbons (Fsp3) is 1.00. The van der Waals surface area contributed by atoms with Gasteiger partial charge in [-0.15, -0.1) is 0 Å². The van der Waals surface area contributed by atoms with Crippen LogP contribution in [0.4, 0.5) is 0 Å². The van der Waals surface area contributed by atoms with E-state index in [0.29, 0.717) is 6.61 Å². The van der Waals surface area contributed by atoms with Crippen LogP contribution in [0.15, 0.2) is 0 Å². The number of hydroxylamine groups is 2. The molecule has 0 amide bonds. The van der Waals surface area contributed by atoms with Gasteiger partial charge in [0.25, 0.3) is 0 Å². The van der Waals surface area contributed by atoms with Crippen LogP contribution in [-0.4, -0.2) is 50.0 Å². The molecule has 0 aliphatic carbocycles. The summed E-state index contributed by atoms with van der Waals surface area (Å²) in [7, 11) is -0.269. The van der Waals surface area contributed by atoms with Gasteiger partial charge in [0.1, 0.15) is 0 Å². The molecule has 0 bridgehead atoms. The average molecular weight is 235 g/mol. The van der Waals surface area contributed by atoms with Crippen LogP contribution in [-0.2, 0) is 4.43 Å². The third-order valence-corrected chi connectivity index (χ3v) is 7.42. The third kappa shape index (κ3) is 5.63. The van der Waals surface area contributed by atoms with Crippen LogP contribution in [0.3, 0.4) is 0 Å². The van der Waals surface area contributed by atoms with Crippen LogP contribution in [0.1, 0.15) is 20.8 Å². The lowest BCUT2D eigenvalue weighted by molar-refractivity contribution is -0.0956. The van der Waals surface area contributed by atoms with Crippen molar-refractivity contribution in [2.45, 2.75) is 45.0 Å². The van der Waals surface area contributed by atoms with E-state index in [1.54, 1.807) is 0 Å². The summed E-state index contributed by atoms with van der Waals surface area (Å²) < 4.78 is 5.81. The first-order chi connectivity index (χ1) is 6.56. The monoisotopic (exact) mass is 235 g/mol. The zero-order valence-electron chi connectivity index (χ0n) is 10.7. The second kappa shape index (κ2) is 5.40. The minimum Gasteiger partial charge on any atom is -0.414 e. The van der Waals surface area contributed by atoms with Crippen molar-refractivity contribution in [1.82, 2.24) is 5.06 Å². The number of nitrogens with zero attached hydrogens (tertiary/aromatic N) is 1. The van der Waals surface area contributed by atoms with Gasteiger partial charge in [-0.25, -0.2) is 0 Å². The van der Waals surface area contributed by atoms with Gasteiger partial charge in [0.05, 0.1) is 19.3 Å². The van der Waals surface area contributed by atoms with Gasteiger partial charge in [0, 0.05) is 7.05 Å². The van der Waals surface area contributed by atoms with Crippen molar-refractivity contribution < 1.29 is 14.7 Å². The lowest BCUT2D eigenvalue weighted by Gasteiger charge is -2.36. The van der Waals surface area contributed by atoms with Crippen LogP contribution in [0.5, 0.6) is 0 Å². The second-order valence-corrected chi connectivity index (χ2v) is 10.4. The number of aliphatic hydroxyl groups is 1. The van der Waals surface area contributed by atoms with E-state index in [1.807, 2.05) is 0 Å². The summed E-state index contributed by atoms with van der Waals surface area (Å²) >= 11 is 0. The quantitative estimate of drug-likeness (QED) is 0.562. The number of rotatable bonds is 5. The lowest BCUT2D eigenvalue weighted by Crippen LogP contribution is -2.44. The Kier molecular flexibility index (Phi) is 5.43. The molecule has 5 heteroatoms. The highest BCUT2D eigenvalue weighted by Crippen LogP contribution is 2.36. The van der Waals surface area contributed by atoms with E-state index in [1.165, 1.54) is 7.05 Å². The van der Waals surface area contributed by atoms with Crippen LogP contribution >= 0.6 is 0 Å². The molecule has 1 unspecified atom stereocenters. The van der Waals surface area contributed by atoms with E-state index in [0.717, 1.165) is 5.06 Å². The topological polar surface area (TPSA) is 52.9 Å². The van der Waals surface area contributed by atoms with Gasteiger partial charge in [-0.3, -0.25) is 0 Å². The number of aliphatic hydroxyl groups excluding tert-OH is 1. The summed E-state index contributed by atoms with van der Waals surface area (Å²) in [5.41, 5.74) is 0. The van der Waals surface area contributed by atoms with E-state index in [4.69, 9.17) is 9.63 Å². The molecule has 1 atom stereocenters. The molecule has 15 heavy (non-hydrogen) atoms. The van der Waals surface area contributed by atoms with Crippen molar-refractivity contribution >= 4 is 8.32 Å². The Labute approximate surface area is 93.9 Å². The van der Waals surface area contributed by atoms with Gasteiger partial charge in [-0.1, -0.05) is 20.8 Å². The van der Waals surface area contributed by atoms with E-state index < -0.39 is 14.4 Å². The Morgan fingerprint density at radius 3 is 2.13 bits per heavy atom. The fourth-order valence-corrected chi connectivity index (χ4v) is 1.92. The lowest BCUT2D eigenvalue weighted by atomic mass is 10.2. The van der Waals surface area contributed by atoms with Crippen molar-refractivity contribution in [2.75, 3.05) is 20.2 Å². The van der Waals surface area contributed by atoms with E-state index in [2.05, 4.69) is 33.9 Å². The minimum absolute atomic E-state index is 0.151. The SMILES string of the molecule is CN(O)CC(O)CO[Si](C)(C)C(C)(C)C. The maximum Gasteiger partial charge on any atom is 0.192 e. The standard InChI is InChI=1S/C10H25NO3Si/c1-10(2,3)15(5,6)14-8-9(12)7-11(4)13/h9,12-13H,7-8H2,1-6H3. The highest BCUT2D eigenvalue weighted by Gasteiger charge is 2.37. The molecule has 0 heterocycles. The van der Waals surface area contributed by atoms with E-state index >= 15 is 0 Å². The molecule has 0 radical (unpaired) electrons. The molecule has 0 aromatic heterocycles. The molecule has 0 saturated carbocycles. The molecule has 4 nitrogen and oxygen atoms in total. The van der Waals surface area contributed by atoms with Crippen LogP contribution < -0.4 is 0 Å².